The van der Waals surface area contributed by atoms with Crippen LogP contribution in [0.5, 0.6) is 5.75 Å². The van der Waals surface area contributed by atoms with Gasteiger partial charge >= 0.3 is 0 Å². The number of methoxy groups -OCH3 is 1. The van der Waals surface area contributed by atoms with Gasteiger partial charge in [-0.1, -0.05) is 30.3 Å². The lowest BCUT2D eigenvalue weighted by Crippen LogP contribution is -2.31. The first-order valence-corrected chi connectivity index (χ1v) is 9.09. The summed E-state index contributed by atoms with van der Waals surface area (Å²) in [6, 6.07) is 22.5. The van der Waals surface area contributed by atoms with E-state index in [1.807, 2.05) is 54.6 Å². The molecule has 4 rings (SSSR count). The van der Waals surface area contributed by atoms with Crippen molar-refractivity contribution in [2.45, 2.75) is 5.41 Å². The van der Waals surface area contributed by atoms with E-state index in [0.717, 1.165) is 28.3 Å². The highest BCUT2D eigenvalue weighted by atomic mass is 19.1. The molecule has 1 unspecified atom stereocenters. The zero-order valence-corrected chi connectivity index (χ0v) is 15.6. The molecular weight excluding hydrogens is 353 g/mol. The van der Waals surface area contributed by atoms with Crippen LogP contribution in [0.25, 0.3) is 0 Å². The van der Waals surface area contributed by atoms with Crippen LogP contribution in [0.3, 0.4) is 0 Å². The van der Waals surface area contributed by atoms with Gasteiger partial charge in [-0.25, -0.2) is 4.39 Å². The molecule has 0 radical (unpaired) electrons. The minimum atomic E-state index is -0.455. The van der Waals surface area contributed by atoms with Crippen LogP contribution in [0.1, 0.15) is 11.1 Å². The van der Waals surface area contributed by atoms with Crippen LogP contribution in [0.2, 0.25) is 0 Å². The minimum absolute atomic E-state index is 0.254. The third-order valence-corrected chi connectivity index (χ3v) is 5.07. The van der Waals surface area contributed by atoms with Gasteiger partial charge in [0.1, 0.15) is 11.6 Å². The predicted octanol–water partition coefficient (Wildman–Crippen LogP) is 4.27. The van der Waals surface area contributed by atoms with Gasteiger partial charge in [0.05, 0.1) is 18.3 Å². The Bertz CT molecular complexity index is 1020. The van der Waals surface area contributed by atoms with Crippen LogP contribution in [-0.2, 0) is 5.41 Å². The van der Waals surface area contributed by atoms with E-state index in [9.17, 15) is 4.39 Å². The molecule has 0 saturated carbocycles. The Kier molecular flexibility index (Phi) is 4.65. The van der Waals surface area contributed by atoms with E-state index in [2.05, 4.69) is 22.8 Å². The lowest BCUT2D eigenvalue weighted by molar-refractivity contribution is 0.415. The molecule has 1 heterocycles. The molecule has 3 aromatic carbocycles. The molecule has 0 amide bonds. The van der Waals surface area contributed by atoms with E-state index in [1.165, 1.54) is 12.1 Å². The summed E-state index contributed by atoms with van der Waals surface area (Å²) in [7, 11) is 1.65. The molecular formula is C23H22FN3O. The summed E-state index contributed by atoms with van der Waals surface area (Å²) in [5.74, 6) is 1.16. The van der Waals surface area contributed by atoms with E-state index in [-0.39, 0.29) is 5.82 Å². The molecule has 0 spiro atoms. The zero-order valence-electron chi connectivity index (χ0n) is 15.6. The number of ether oxygens (including phenoxy) is 1. The first-order valence-electron chi connectivity index (χ1n) is 9.09. The van der Waals surface area contributed by atoms with Crippen molar-refractivity contribution in [1.82, 2.24) is 5.32 Å². The number of hydrogen-bond acceptors (Lipinski definition) is 4. The molecule has 142 valence electrons. The fourth-order valence-corrected chi connectivity index (χ4v) is 3.64. The molecule has 0 saturated heterocycles. The average molecular weight is 375 g/mol. The fraction of sp³-hybridized carbons (Fsp3) is 0.130. The summed E-state index contributed by atoms with van der Waals surface area (Å²) in [6.07, 6.45) is 2.00. The Morgan fingerprint density at radius 2 is 1.68 bits per heavy atom. The van der Waals surface area contributed by atoms with Crippen LogP contribution >= 0.6 is 0 Å². The van der Waals surface area contributed by atoms with Crippen molar-refractivity contribution >= 4 is 11.4 Å². The van der Waals surface area contributed by atoms with Crippen LogP contribution in [0, 0.1) is 5.82 Å². The van der Waals surface area contributed by atoms with E-state index in [1.54, 1.807) is 7.11 Å². The van der Waals surface area contributed by atoms with Crippen molar-refractivity contribution in [2.75, 3.05) is 19.0 Å². The molecule has 1 aliphatic heterocycles. The van der Waals surface area contributed by atoms with Crippen LogP contribution in [-0.4, -0.2) is 13.7 Å². The van der Waals surface area contributed by atoms with E-state index in [4.69, 9.17) is 10.5 Å². The average Bonchev–Trinajstić information content (AvgIpc) is 3.12. The van der Waals surface area contributed by atoms with Crippen molar-refractivity contribution in [3.05, 3.63) is 102 Å². The minimum Gasteiger partial charge on any atom is -0.497 e. The van der Waals surface area contributed by atoms with Crippen molar-refractivity contribution < 1.29 is 9.13 Å². The summed E-state index contributed by atoms with van der Waals surface area (Å²) in [5.41, 5.74) is 9.54. The second-order valence-electron chi connectivity index (χ2n) is 6.87. The van der Waals surface area contributed by atoms with Crippen molar-refractivity contribution in [1.29, 1.82) is 0 Å². The zero-order chi connectivity index (χ0) is 19.6. The fourth-order valence-electron chi connectivity index (χ4n) is 3.64. The first-order chi connectivity index (χ1) is 13.6. The van der Waals surface area contributed by atoms with Crippen molar-refractivity contribution in [3.8, 4) is 5.75 Å². The maximum Gasteiger partial charge on any atom is 0.123 e. The van der Waals surface area contributed by atoms with E-state index >= 15 is 0 Å². The Morgan fingerprint density at radius 3 is 2.36 bits per heavy atom. The summed E-state index contributed by atoms with van der Waals surface area (Å²) >= 11 is 0. The highest BCUT2D eigenvalue weighted by Crippen LogP contribution is 2.38. The van der Waals surface area contributed by atoms with Gasteiger partial charge in [0.15, 0.2) is 0 Å². The predicted molar refractivity (Wildman–Crippen MR) is 110 cm³/mol. The number of benzene rings is 3. The maximum absolute atomic E-state index is 13.5. The summed E-state index contributed by atoms with van der Waals surface area (Å²) < 4.78 is 18.8. The quantitative estimate of drug-likeness (QED) is 0.623. The van der Waals surface area contributed by atoms with Gasteiger partial charge in [-0.3, -0.25) is 0 Å². The van der Waals surface area contributed by atoms with E-state index in [0.29, 0.717) is 12.4 Å². The number of halogens is 1. The lowest BCUT2D eigenvalue weighted by atomic mass is 9.75. The molecule has 0 bridgehead atoms. The normalized spacial score (nSPS) is 18.3. The van der Waals surface area contributed by atoms with Crippen LogP contribution in [0.4, 0.5) is 15.8 Å². The van der Waals surface area contributed by atoms with Gasteiger partial charge in [0.2, 0.25) is 0 Å². The summed E-state index contributed by atoms with van der Waals surface area (Å²) in [6.45, 7) is 0.618. The highest BCUT2D eigenvalue weighted by Gasteiger charge is 2.36. The Labute approximate surface area is 163 Å². The largest absolute Gasteiger partial charge is 0.497 e. The topological polar surface area (TPSA) is 59.3 Å². The van der Waals surface area contributed by atoms with Crippen LogP contribution < -0.4 is 21.1 Å². The maximum atomic E-state index is 13.5. The van der Waals surface area contributed by atoms with E-state index < -0.39 is 5.41 Å². The number of hydrogen-bond donors (Lipinski definition) is 3. The first kappa shape index (κ1) is 17.9. The van der Waals surface area contributed by atoms with Gasteiger partial charge < -0.3 is 21.1 Å². The Balaban J connectivity index is 1.72. The Morgan fingerprint density at radius 1 is 0.964 bits per heavy atom. The molecule has 1 aliphatic rings. The van der Waals surface area contributed by atoms with Gasteiger partial charge in [-0.05, 0) is 53.6 Å². The molecule has 4 N–H and O–H groups in total. The monoisotopic (exact) mass is 375 g/mol. The molecule has 28 heavy (non-hydrogen) atoms. The van der Waals surface area contributed by atoms with Crippen LogP contribution in [0.15, 0.2) is 84.7 Å². The Hall–Kier alpha value is -3.47. The molecule has 0 aromatic heterocycles. The third kappa shape index (κ3) is 3.39. The summed E-state index contributed by atoms with van der Waals surface area (Å²) in [4.78, 5) is 0. The number of nitrogens with two attached hydrogens (primary N) is 1. The van der Waals surface area contributed by atoms with Gasteiger partial charge in [0, 0.05) is 24.0 Å². The molecule has 5 heteroatoms. The van der Waals surface area contributed by atoms with Crippen molar-refractivity contribution in [3.63, 3.8) is 0 Å². The molecule has 4 nitrogen and oxygen atoms in total. The van der Waals surface area contributed by atoms with Crippen molar-refractivity contribution in [2.24, 2.45) is 5.73 Å². The number of anilines is 2. The SMILES string of the molecule is COc1cccc(Nc2cccc(C3(c4ccc(F)cc4)C=C(N)NC3)c2)c1. The lowest BCUT2D eigenvalue weighted by Gasteiger charge is -2.28. The number of nitrogens with one attached hydrogen (secondary N) is 2. The second-order valence-corrected chi connectivity index (χ2v) is 6.87. The third-order valence-electron chi connectivity index (χ3n) is 5.07. The second kappa shape index (κ2) is 7.27. The van der Waals surface area contributed by atoms with Gasteiger partial charge in [-0.2, -0.15) is 0 Å². The smallest absolute Gasteiger partial charge is 0.123 e. The molecule has 3 aromatic rings. The molecule has 0 aliphatic carbocycles. The molecule has 0 fully saturated rings. The standard InChI is InChI=1S/C23H22FN3O/c1-28-21-7-3-6-20(13-21)27-19-5-2-4-17(12-19)23(14-22(25)26-15-23)16-8-10-18(24)11-9-16/h2-14,26-27H,15,25H2,1H3. The van der Waals surface area contributed by atoms with Gasteiger partial charge in [0.25, 0.3) is 0 Å². The number of rotatable bonds is 5. The highest BCUT2D eigenvalue weighted by molar-refractivity contribution is 5.63. The molecule has 1 atom stereocenters. The summed E-state index contributed by atoms with van der Waals surface area (Å²) in [5, 5.41) is 6.63. The van der Waals surface area contributed by atoms with Gasteiger partial charge in [-0.15, -0.1) is 0 Å².